The Bertz CT molecular complexity index is 425. The molecule has 1 aliphatic carbocycles. The number of nitrogens with one attached hydrogen (secondary N) is 1. The highest BCUT2D eigenvalue weighted by atomic mass is 19.1. The molecule has 0 aromatic heterocycles. The van der Waals surface area contributed by atoms with Gasteiger partial charge < -0.3 is 11.1 Å². The molecule has 0 amide bonds. The van der Waals surface area contributed by atoms with Crippen LogP contribution in [0.2, 0.25) is 0 Å². The van der Waals surface area contributed by atoms with Crippen molar-refractivity contribution < 1.29 is 4.39 Å². The van der Waals surface area contributed by atoms with Crippen molar-refractivity contribution in [3.8, 4) is 0 Å². The zero-order valence-corrected chi connectivity index (χ0v) is 10.0. The molecule has 0 aliphatic heterocycles. The second-order valence-electron chi connectivity index (χ2n) is 4.51. The Kier molecular flexibility index (Phi) is 3.61. The molecule has 17 heavy (non-hydrogen) atoms. The highest BCUT2D eigenvalue weighted by Gasteiger charge is 2.21. The normalized spacial score (nSPS) is 16.0. The van der Waals surface area contributed by atoms with Gasteiger partial charge in [0.05, 0.1) is 0 Å². The summed E-state index contributed by atoms with van der Waals surface area (Å²) in [5.41, 5.74) is 7.81. The van der Waals surface area contributed by atoms with Crippen molar-refractivity contribution in [2.45, 2.75) is 32.2 Å². The fourth-order valence-corrected chi connectivity index (χ4v) is 1.72. The van der Waals surface area contributed by atoms with Gasteiger partial charge in [-0.2, -0.15) is 0 Å². The predicted molar refractivity (Wildman–Crippen MR) is 67.5 cm³/mol. The molecule has 0 unspecified atom stereocenters. The molecule has 1 aromatic carbocycles. The number of aliphatic imine (C=N–C) groups is 1. The first-order chi connectivity index (χ1) is 8.15. The average Bonchev–Trinajstić information content (AvgIpc) is 3.05. The van der Waals surface area contributed by atoms with E-state index in [0.717, 1.165) is 17.5 Å². The van der Waals surface area contributed by atoms with Gasteiger partial charge in [-0.15, -0.1) is 0 Å². The first kappa shape index (κ1) is 11.9. The van der Waals surface area contributed by atoms with E-state index in [1.54, 1.807) is 6.07 Å². The number of rotatable bonds is 4. The minimum atomic E-state index is -0.190. The van der Waals surface area contributed by atoms with Crippen LogP contribution in [0.3, 0.4) is 0 Å². The monoisotopic (exact) mass is 235 g/mol. The van der Waals surface area contributed by atoms with E-state index in [-0.39, 0.29) is 5.82 Å². The Morgan fingerprint density at radius 3 is 2.94 bits per heavy atom. The summed E-state index contributed by atoms with van der Waals surface area (Å²) in [6.07, 6.45) is 3.17. The van der Waals surface area contributed by atoms with Crippen LogP contribution in [0.15, 0.2) is 23.2 Å². The molecule has 0 bridgehead atoms. The third-order valence-electron chi connectivity index (χ3n) is 2.90. The summed E-state index contributed by atoms with van der Waals surface area (Å²) < 4.78 is 12.9. The lowest BCUT2D eigenvalue weighted by atomic mass is 10.1. The number of nitrogens with zero attached hydrogens (tertiary/aromatic N) is 1. The van der Waals surface area contributed by atoms with E-state index in [1.807, 2.05) is 13.0 Å². The van der Waals surface area contributed by atoms with Gasteiger partial charge >= 0.3 is 0 Å². The van der Waals surface area contributed by atoms with Gasteiger partial charge in [-0.3, -0.25) is 4.99 Å². The maximum Gasteiger partial charge on any atom is 0.188 e. The minimum Gasteiger partial charge on any atom is -0.370 e. The molecule has 1 aliphatic rings. The van der Waals surface area contributed by atoms with Crippen molar-refractivity contribution in [1.82, 2.24) is 5.32 Å². The van der Waals surface area contributed by atoms with Crippen LogP contribution in [-0.4, -0.2) is 18.5 Å². The van der Waals surface area contributed by atoms with Crippen molar-refractivity contribution >= 4 is 5.96 Å². The largest absolute Gasteiger partial charge is 0.370 e. The molecule has 92 valence electrons. The zero-order valence-electron chi connectivity index (χ0n) is 10.0. The second-order valence-corrected chi connectivity index (χ2v) is 4.51. The van der Waals surface area contributed by atoms with Crippen LogP contribution in [-0.2, 0) is 6.42 Å². The molecule has 1 fully saturated rings. The van der Waals surface area contributed by atoms with Gasteiger partial charge in [0.25, 0.3) is 0 Å². The Balaban J connectivity index is 1.84. The molecule has 3 nitrogen and oxygen atoms in total. The summed E-state index contributed by atoms with van der Waals surface area (Å²) in [4.78, 5) is 4.25. The summed E-state index contributed by atoms with van der Waals surface area (Å²) in [6, 6.07) is 5.37. The highest BCUT2D eigenvalue weighted by Crippen LogP contribution is 2.18. The zero-order chi connectivity index (χ0) is 12.3. The summed E-state index contributed by atoms with van der Waals surface area (Å²) in [6.45, 7) is 2.55. The van der Waals surface area contributed by atoms with Gasteiger partial charge in [-0.05, 0) is 49.4 Å². The van der Waals surface area contributed by atoms with Crippen LogP contribution in [0.25, 0.3) is 0 Å². The molecule has 0 saturated heterocycles. The number of aryl methyl sites for hydroxylation is 1. The van der Waals surface area contributed by atoms with E-state index < -0.39 is 0 Å². The van der Waals surface area contributed by atoms with Crippen molar-refractivity contribution in [3.63, 3.8) is 0 Å². The van der Waals surface area contributed by atoms with Crippen molar-refractivity contribution in [1.29, 1.82) is 0 Å². The van der Waals surface area contributed by atoms with Crippen LogP contribution >= 0.6 is 0 Å². The second kappa shape index (κ2) is 5.17. The lowest BCUT2D eigenvalue weighted by Crippen LogP contribution is -2.33. The smallest absolute Gasteiger partial charge is 0.188 e. The fourth-order valence-electron chi connectivity index (χ4n) is 1.72. The molecule has 3 N–H and O–H groups in total. The van der Waals surface area contributed by atoms with Crippen molar-refractivity contribution in [2.24, 2.45) is 10.7 Å². The van der Waals surface area contributed by atoms with Gasteiger partial charge in [0.1, 0.15) is 5.82 Å². The molecule has 0 atom stereocenters. The first-order valence-corrected chi connectivity index (χ1v) is 5.96. The molecule has 1 aromatic rings. The fraction of sp³-hybridized carbons (Fsp3) is 0.462. The maximum absolute atomic E-state index is 12.9. The van der Waals surface area contributed by atoms with Gasteiger partial charge in [-0.1, -0.05) is 6.07 Å². The van der Waals surface area contributed by atoms with E-state index in [9.17, 15) is 4.39 Å². The lowest BCUT2D eigenvalue weighted by molar-refractivity contribution is 0.625. The summed E-state index contributed by atoms with van der Waals surface area (Å²) in [7, 11) is 0. The number of hydrogen-bond acceptors (Lipinski definition) is 1. The standard InChI is InChI=1S/C13H18FN3/c1-9-8-11(14)3-2-10(9)6-7-16-13(15)17-12-4-5-12/h2-3,8,12H,4-7H2,1H3,(H3,15,16,17). The van der Waals surface area contributed by atoms with Crippen LogP contribution in [0, 0.1) is 12.7 Å². The SMILES string of the molecule is Cc1cc(F)ccc1CCN=C(N)NC1CC1. The van der Waals surface area contributed by atoms with E-state index in [2.05, 4.69) is 10.3 Å². The third-order valence-corrected chi connectivity index (χ3v) is 2.90. The van der Waals surface area contributed by atoms with E-state index in [1.165, 1.54) is 18.9 Å². The first-order valence-electron chi connectivity index (χ1n) is 5.96. The van der Waals surface area contributed by atoms with Gasteiger partial charge in [0.2, 0.25) is 0 Å². The molecular formula is C13H18FN3. The van der Waals surface area contributed by atoms with Crippen LogP contribution in [0.1, 0.15) is 24.0 Å². The van der Waals surface area contributed by atoms with Crippen molar-refractivity contribution in [3.05, 3.63) is 35.1 Å². The van der Waals surface area contributed by atoms with E-state index >= 15 is 0 Å². The molecule has 0 radical (unpaired) electrons. The molecule has 0 heterocycles. The van der Waals surface area contributed by atoms with Crippen molar-refractivity contribution in [2.75, 3.05) is 6.54 Å². The minimum absolute atomic E-state index is 0.190. The average molecular weight is 235 g/mol. The molecular weight excluding hydrogens is 217 g/mol. The van der Waals surface area contributed by atoms with E-state index in [4.69, 9.17) is 5.73 Å². The molecule has 0 spiro atoms. The molecule has 1 saturated carbocycles. The number of halogens is 1. The third kappa shape index (κ3) is 3.73. The number of guanidine groups is 1. The van der Waals surface area contributed by atoms with Gasteiger partial charge in [0, 0.05) is 12.6 Å². The quantitative estimate of drug-likeness (QED) is 0.617. The van der Waals surface area contributed by atoms with Crippen LogP contribution in [0.5, 0.6) is 0 Å². The lowest BCUT2D eigenvalue weighted by Gasteiger charge is -2.05. The van der Waals surface area contributed by atoms with Gasteiger partial charge in [0.15, 0.2) is 5.96 Å². The predicted octanol–water partition coefficient (Wildman–Crippen LogP) is 1.74. The van der Waals surface area contributed by atoms with Crippen LogP contribution < -0.4 is 11.1 Å². The maximum atomic E-state index is 12.9. The Hall–Kier alpha value is -1.58. The molecule has 4 heteroatoms. The number of hydrogen-bond donors (Lipinski definition) is 2. The topological polar surface area (TPSA) is 50.4 Å². The molecule has 2 rings (SSSR count). The van der Waals surface area contributed by atoms with Crippen LogP contribution in [0.4, 0.5) is 4.39 Å². The number of nitrogens with two attached hydrogens (primary N) is 1. The highest BCUT2D eigenvalue weighted by molar-refractivity contribution is 5.78. The van der Waals surface area contributed by atoms with Gasteiger partial charge in [-0.25, -0.2) is 4.39 Å². The van der Waals surface area contributed by atoms with E-state index in [0.29, 0.717) is 18.5 Å². The Morgan fingerprint density at radius 1 is 1.53 bits per heavy atom. The Morgan fingerprint density at radius 2 is 2.29 bits per heavy atom. The summed E-state index contributed by atoms with van der Waals surface area (Å²) >= 11 is 0. The number of benzene rings is 1. The summed E-state index contributed by atoms with van der Waals surface area (Å²) in [5, 5.41) is 3.13. The Labute approximate surface area is 101 Å². The summed E-state index contributed by atoms with van der Waals surface area (Å²) in [5.74, 6) is 0.330.